The maximum atomic E-state index is 8.61. The van der Waals surface area contributed by atoms with Gasteiger partial charge in [-0.3, -0.25) is 0 Å². The van der Waals surface area contributed by atoms with Crippen LogP contribution in [0.15, 0.2) is 132 Å². The Morgan fingerprint density at radius 1 is 0.741 bits per heavy atom. The second-order valence-electron chi connectivity index (χ2n) is 15.1. The number of hydrogen-bond acceptors (Lipinski definition) is 3. The van der Waals surface area contributed by atoms with Gasteiger partial charge >= 0.3 is 0 Å². The molecule has 0 bridgehead atoms. The van der Waals surface area contributed by atoms with Crippen molar-refractivity contribution in [1.82, 2.24) is 9.97 Å². The number of aromatic nitrogens is 2. The van der Waals surface area contributed by atoms with E-state index >= 15 is 0 Å². The Hall–Kier alpha value is -5.15. The van der Waals surface area contributed by atoms with Crippen molar-refractivity contribution in [2.45, 2.75) is 60.1 Å². The first-order valence-corrected chi connectivity index (χ1v) is 17.7. The topological polar surface area (TPSA) is 38.9 Å². The van der Waals surface area contributed by atoms with Crippen molar-refractivity contribution in [2.75, 3.05) is 0 Å². The Morgan fingerprint density at radius 2 is 1.54 bits per heavy atom. The number of nitrogens with zero attached hydrogens (tertiary/aromatic N) is 2. The molecule has 8 aromatic rings. The predicted molar refractivity (Wildman–Crippen MR) is 220 cm³/mol. The molecule has 0 aliphatic heterocycles. The molecule has 9 rings (SSSR count). The van der Waals surface area contributed by atoms with E-state index in [1.807, 2.05) is 63.4 Å². The van der Waals surface area contributed by atoms with Crippen LogP contribution < -0.4 is 0 Å². The van der Waals surface area contributed by atoms with E-state index in [1.54, 1.807) is 12.1 Å². The molecule has 0 saturated heterocycles. The molecule has 54 heavy (non-hydrogen) atoms. The van der Waals surface area contributed by atoms with Crippen molar-refractivity contribution in [3.05, 3.63) is 168 Å². The van der Waals surface area contributed by atoms with E-state index in [-0.39, 0.29) is 36.6 Å². The van der Waals surface area contributed by atoms with E-state index in [4.69, 9.17) is 20.4 Å². The van der Waals surface area contributed by atoms with Crippen LogP contribution in [0.4, 0.5) is 0 Å². The Labute approximate surface area is 344 Å². The summed E-state index contributed by atoms with van der Waals surface area (Å²) in [5.74, 6) is 0. The monoisotopic (exact) mass is 889 g/mol. The van der Waals surface area contributed by atoms with Gasteiger partial charge in [0, 0.05) is 54.3 Å². The van der Waals surface area contributed by atoms with Crippen LogP contribution in [0.3, 0.4) is 0 Å². The third kappa shape index (κ3) is 7.21. The number of aryl methyl sites for hydroxylation is 2. The Bertz CT molecular complexity index is 2850. The summed E-state index contributed by atoms with van der Waals surface area (Å²) >= 11 is 0. The van der Waals surface area contributed by atoms with Crippen LogP contribution in [0.1, 0.15) is 73.4 Å². The van der Waals surface area contributed by atoms with Gasteiger partial charge in [0.15, 0.2) is 0 Å². The van der Waals surface area contributed by atoms with Gasteiger partial charge in [-0.1, -0.05) is 119 Å². The molecule has 3 heterocycles. The van der Waals surface area contributed by atoms with Gasteiger partial charge in [-0.15, -0.1) is 53.6 Å². The molecule has 1 aliphatic rings. The summed E-state index contributed by atoms with van der Waals surface area (Å²) in [5, 5.41) is 2.15. The third-order valence-corrected chi connectivity index (χ3v) is 9.74. The minimum Gasteiger partial charge on any atom is -0.501 e. The number of fused-ring (bicyclic) bond motifs is 6. The second kappa shape index (κ2) is 14.6. The molecule has 3 aromatic heterocycles. The van der Waals surface area contributed by atoms with Gasteiger partial charge in [0.1, 0.15) is 5.58 Å². The predicted octanol–water partition coefficient (Wildman–Crippen LogP) is 13.2. The van der Waals surface area contributed by atoms with E-state index in [9.17, 15) is 0 Å². The summed E-state index contributed by atoms with van der Waals surface area (Å²) < 4.78 is 67.4. The van der Waals surface area contributed by atoms with Crippen molar-refractivity contribution < 1.29 is 35.5 Å². The fourth-order valence-electron chi connectivity index (χ4n) is 7.19. The first kappa shape index (κ1) is 28.3. The summed E-state index contributed by atoms with van der Waals surface area (Å²) in [4.78, 5) is 8.78. The summed E-state index contributed by atoms with van der Waals surface area (Å²) in [7, 11) is 0. The van der Waals surface area contributed by atoms with Gasteiger partial charge in [-0.05, 0) is 92.7 Å². The minimum absolute atomic E-state index is 0. The first-order valence-electron chi connectivity index (χ1n) is 21.7. The van der Waals surface area contributed by atoms with E-state index < -0.39 is 25.5 Å². The van der Waals surface area contributed by atoms with Crippen LogP contribution in [0, 0.1) is 31.3 Å². The molecular weight excluding hydrogens is 837 g/mol. The Balaban J connectivity index is 0.000000233. The molecule has 5 aromatic carbocycles. The number of hydrogen-bond donors (Lipinski definition) is 0. The van der Waals surface area contributed by atoms with Crippen molar-refractivity contribution in [1.29, 1.82) is 0 Å². The van der Waals surface area contributed by atoms with Crippen LogP contribution in [0.5, 0.6) is 0 Å². The largest absolute Gasteiger partial charge is 0.501 e. The van der Waals surface area contributed by atoms with Crippen LogP contribution in [-0.4, -0.2) is 9.97 Å². The zero-order valence-electron chi connectivity index (χ0n) is 38.8. The molecule has 0 atom stereocenters. The Morgan fingerprint density at radius 3 is 2.26 bits per heavy atom. The molecule has 0 fully saturated rings. The number of rotatable bonds is 4. The zero-order chi connectivity index (χ0) is 43.7. The summed E-state index contributed by atoms with van der Waals surface area (Å²) in [6, 6.07) is 42.9. The summed E-state index contributed by atoms with van der Waals surface area (Å²) in [6.07, 6.45) is 1.68. The molecule has 4 heteroatoms. The van der Waals surface area contributed by atoms with Crippen molar-refractivity contribution >= 4 is 21.9 Å². The number of furan rings is 1. The Kier molecular flexibility index (Phi) is 7.65. The standard InChI is InChI=1S/C37H32NO.C13H12N.Ir/c1-36(2,3)22-23-13-15-24(16-14-23)25-17-18-38-33(19-25)28-11-8-10-27-30-20-29-26-9-6-7-12-31(26)37(4,5)32(29)21-34(30)39-35(27)28;1-10-3-6-12(7-4-10)13-8-5-11(2)9-14-13;/h6-10,12-21H,22H2,1-5H3;3-6,8-9H,1-2H3;/q2*-1;/i22D2;1D3,2D3;. The molecule has 0 unspecified atom stereocenters. The summed E-state index contributed by atoms with van der Waals surface area (Å²) in [6.45, 7) is 6.01. The van der Waals surface area contributed by atoms with Gasteiger partial charge in [0.05, 0.1) is 5.58 Å². The molecular formula is C50H44IrN2O-2. The smallest absolute Gasteiger partial charge is 0.121 e. The fraction of sp³-hybridized carbons (Fsp3) is 0.200. The van der Waals surface area contributed by atoms with E-state index in [0.717, 1.165) is 44.3 Å². The zero-order valence-corrected chi connectivity index (χ0v) is 33.2. The molecule has 1 radical (unpaired) electrons. The van der Waals surface area contributed by atoms with Crippen molar-refractivity contribution in [3.8, 4) is 44.8 Å². The normalized spacial score (nSPS) is 15.7. The minimum atomic E-state index is -2.18. The quantitative estimate of drug-likeness (QED) is 0.165. The van der Waals surface area contributed by atoms with Crippen LogP contribution in [0.25, 0.3) is 66.7 Å². The molecule has 0 N–H and O–H groups in total. The molecule has 0 saturated carbocycles. The second-order valence-corrected chi connectivity index (χ2v) is 15.1. The molecule has 1 aliphatic carbocycles. The average molecular weight is 889 g/mol. The first-order chi connectivity index (χ1) is 28.6. The van der Waals surface area contributed by atoms with Gasteiger partial charge < -0.3 is 14.4 Å². The van der Waals surface area contributed by atoms with E-state index in [0.29, 0.717) is 16.8 Å². The van der Waals surface area contributed by atoms with Crippen LogP contribution in [-0.2, 0) is 31.9 Å². The van der Waals surface area contributed by atoms with Gasteiger partial charge in [-0.25, -0.2) is 0 Å². The van der Waals surface area contributed by atoms with E-state index in [1.165, 1.54) is 46.6 Å². The number of pyridine rings is 2. The fourth-order valence-corrected chi connectivity index (χ4v) is 7.19. The van der Waals surface area contributed by atoms with Crippen molar-refractivity contribution in [3.63, 3.8) is 0 Å². The third-order valence-electron chi connectivity index (χ3n) is 9.74. The number of benzene rings is 5. The molecule has 3 nitrogen and oxygen atoms in total. The molecule has 0 amide bonds. The average Bonchev–Trinajstić information content (AvgIpc) is 3.70. The van der Waals surface area contributed by atoms with Crippen LogP contribution in [0.2, 0.25) is 0 Å². The molecule has 271 valence electrons. The van der Waals surface area contributed by atoms with Gasteiger partial charge in [0.2, 0.25) is 0 Å². The van der Waals surface area contributed by atoms with Gasteiger partial charge in [-0.2, -0.15) is 0 Å². The van der Waals surface area contributed by atoms with Crippen molar-refractivity contribution in [2.24, 2.45) is 5.41 Å². The van der Waals surface area contributed by atoms with E-state index in [2.05, 4.69) is 79.5 Å². The SMILES string of the molecule is [2H]C([2H])([2H])c1c[c-]c(-c2ccc(C([2H])([2H])[2H])cn2)cc1.[2H]C([2H])(c1ccc(-c2ccnc(-c3[c-]ccc4c3oc3cc5c(cc34)-c3ccccc3C5(C)C)c2)cc1)C(C)(C)C.[Ir]. The maximum Gasteiger partial charge on any atom is 0.121 e. The maximum absolute atomic E-state index is 8.61. The molecule has 0 spiro atoms. The van der Waals surface area contributed by atoms with Crippen LogP contribution >= 0.6 is 0 Å². The summed E-state index contributed by atoms with van der Waals surface area (Å²) in [5.41, 5.74) is 12.2. The van der Waals surface area contributed by atoms with Gasteiger partial charge in [0.25, 0.3) is 0 Å².